The van der Waals surface area contributed by atoms with Crippen molar-refractivity contribution in [2.45, 2.75) is 65.7 Å². The van der Waals surface area contributed by atoms with Crippen LogP contribution in [0.5, 0.6) is 0 Å². The number of rotatable bonds is 7. The summed E-state index contributed by atoms with van der Waals surface area (Å²) in [5, 5.41) is 2.70. The van der Waals surface area contributed by atoms with Gasteiger partial charge in [0.25, 0.3) is 0 Å². The molecule has 0 atom stereocenters. The summed E-state index contributed by atoms with van der Waals surface area (Å²) in [6.45, 7) is 6.53. The van der Waals surface area contributed by atoms with Crippen molar-refractivity contribution in [1.82, 2.24) is 5.32 Å². The molecule has 0 heterocycles. The van der Waals surface area contributed by atoms with Crippen LogP contribution in [0.2, 0.25) is 0 Å². The zero-order valence-corrected chi connectivity index (χ0v) is 14.0. The van der Waals surface area contributed by atoms with E-state index in [1.165, 1.54) is 26.4 Å². The number of carbonyl (C=O) groups is 2. The van der Waals surface area contributed by atoms with E-state index in [2.05, 4.69) is 23.9 Å². The maximum Gasteiger partial charge on any atom is 0.325 e. The Bertz CT molecular complexity index is 344. The molecule has 1 aliphatic carbocycles. The molecule has 4 nitrogen and oxygen atoms in total. The Balaban J connectivity index is 2.32. The molecule has 1 rings (SSSR count). The summed E-state index contributed by atoms with van der Waals surface area (Å²) in [5.74, 6) is 1.15. The molecule has 0 aromatic rings. The highest BCUT2D eigenvalue weighted by molar-refractivity contribution is 5.86. The molecule has 122 valence electrons. The first-order valence-electron chi connectivity index (χ1n) is 8.22. The fourth-order valence-corrected chi connectivity index (χ4v) is 3.08. The number of methoxy groups -OCH3 is 1. The van der Waals surface area contributed by atoms with Gasteiger partial charge in [0.2, 0.25) is 5.91 Å². The molecular formula is C17H31NO3. The number of carbonyl (C=O) groups excluding carboxylic acids is 2. The summed E-state index contributed by atoms with van der Waals surface area (Å²) in [7, 11) is 1.33. The number of nitrogens with one attached hydrogen (secondary N) is 1. The Morgan fingerprint density at radius 2 is 1.90 bits per heavy atom. The van der Waals surface area contributed by atoms with Gasteiger partial charge in [0.1, 0.15) is 6.54 Å². The van der Waals surface area contributed by atoms with E-state index in [1.54, 1.807) is 0 Å². The number of hydrogen-bond acceptors (Lipinski definition) is 3. The fourth-order valence-electron chi connectivity index (χ4n) is 3.08. The lowest BCUT2D eigenvalue weighted by atomic mass is 9.70. The van der Waals surface area contributed by atoms with Gasteiger partial charge in [0, 0.05) is 5.41 Å². The van der Waals surface area contributed by atoms with Crippen molar-refractivity contribution < 1.29 is 14.3 Å². The second-order valence-corrected chi connectivity index (χ2v) is 7.09. The normalized spacial score (nSPS) is 25.7. The number of amides is 1. The molecule has 0 aliphatic heterocycles. The smallest absolute Gasteiger partial charge is 0.325 e. The van der Waals surface area contributed by atoms with E-state index in [4.69, 9.17) is 0 Å². The van der Waals surface area contributed by atoms with Crippen LogP contribution in [-0.4, -0.2) is 25.5 Å². The second kappa shape index (κ2) is 8.40. The van der Waals surface area contributed by atoms with Crippen molar-refractivity contribution in [2.24, 2.45) is 17.3 Å². The fraction of sp³-hybridized carbons (Fsp3) is 0.882. The third-order valence-corrected chi connectivity index (χ3v) is 4.77. The van der Waals surface area contributed by atoms with Crippen molar-refractivity contribution >= 4 is 11.9 Å². The number of ether oxygens (including phenoxy) is 1. The lowest BCUT2D eigenvalue weighted by Crippen LogP contribution is -2.43. The first-order valence-corrected chi connectivity index (χ1v) is 8.22. The summed E-state index contributed by atoms with van der Waals surface area (Å²) < 4.78 is 4.55. The van der Waals surface area contributed by atoms with E-state index in [9.17, 15) is 9.59 Å². The van der Waals surface area contributed by atoms with E-state index in [0.717, 1.165) is 37.5 Å². The molecular weight excluding hydrogens is 266 g/mol. The highest BCUT2D eigenvalue weighted by Gasteiger charge is 2.37. The first kappa shape index (κ1) is 18.0. The Kier molecular flexibility index (Phi) is 7.20. The molecule has 0 bridgehead atoms. The van der Waals surface area contributed by atoms with Crippen LogP contribution in [-0.2, 0) is 14.3 Å². The summed E-state index contributed by atoms with van der Waals surface area (Å²) in [4.78, 5) is 23.3. The molecule has 0 saturated heterocycles. The molecule has 0 aromatic carbocycles. The van der Waals surface area contributed by atoms with Crippen LogP contribution < -0.4 is 5.32 Å². The lowest BCUT2D eigenvalue weighted by Gasteiger charge is -2.36. The average molecular weight is 297 g/mol. The number of hydrogen-bond donors (Lipinski definition) is 1. The Labute approximate surface area is 129 Å². The zero-order chi connectivity index (χ0) is 15.9. The monoisotopic (exact) mass is 297 g/mol. The predicted molar refractivity (Wildman–Crippen MR) is 83.8 cm³/mol. The van der Waals surface area contributed by atoms with Crippen molar-refractivity contribution in [3.63, 3.8) is 0 Å². The van der Waals surface area contributed by atoms with Gasteiger partial charge in [-0.2, -0.15) is 0 Å². The van der Waals surface area contributed by atoms with Crippen LogP contribution in [0.25, 0.3) is 0 Å². The van der Waals surface area contributed by atoms with Gasteiger partial charge in [-0.3, -0.25) is 9.59 Å². The lowest BCUT2D eigenvalue weighted by molar-refractivity contribution is -0.143. The SMILES string of the molecule is COC(=O)CNC(=O)C1(C)CCC(CCCC(C)C)CC1. The van der Waals surface area contributed by atoms with E-state index in [1.807, 2.05) is 6.92 Å². The summed E-state index contributed by atoms with van der Waals surface area (Å²) >= 11 is 0. The standard InChI is InChI=1S/C17H31NO3/c1-13(2)6-5-7-14-8-10-17(3,11-9-14)16(20)18-12-15(19)21-4/h13-14H,5-12H2,1-4H3,(H,18,20). The highest BCUT2D eigenvalue weighted by atomic mass is 16.5. The van der Waals surface area contributed by atoms with Gasteiger partial charge in [0.15, 0.2) is 0 Å². The van der Waals surface area contributed by atoms with Gasteiger partial charge in [0.05, 0.1) is 7.11 Å². The van der Waals surface area contributed by atoms with E-state index < -0.39 is 5.97 Å². The van der Waals surface area contributed by atoms with Crippen molar-refractivity contribution in [3.05, 3.63) is 0 Å². The molecule has 1 fully saturated rings. The molecule has 21 heavy (non-hydrogen) atoms. The Hall–Kier alpha value is -1.06. The minimum atomic E-state index is -0.394. The summed E-state index contributed by atoms with van der Waals surface area (Å²) in [5.41, 5.74) is -0.317. The first-order chi connectivity index (χ1) is 9.87. The van der Waals surface area contributed by atoms with Crippen molar-refractivity contribution in [1.29, 1.82) is 0 Å². The van der Waals surface area contributed by atoms with Crippen LogP contribution in [0.4, 0.5) is 0 Å². The molecule has 0 radical (unpaired) electrons. The van der Waals surface area contributed by atoms with Gasteiger partial charge in [-0.15, -0.1) is 0 Å². The van der Waals surface area contributed by atoms with Crippen LogP contribution in [0.3, 0.4) is 0 Å². The largest absolute Gasteiger partial charge is 0.468 e. The maximum absolute atomic E-state index is 12.2. The Morgan fingerprint density at radius 3 is 2.43 bits per heavy atom. The topological polar surface area (TPSA) is 55.4 Å². The molecule has 1 amide bonds. The quantitative estimate of drug-likeness (QED) is 0.734. The van der Waals surface area contributed by atoms with Crippen LogP contribution in [0, 0.1) is 17.3 Å². The van der Waals surface area contributed by atoms with Gasteiger partial charge in [-0.25, -0.2) is 0 Å². The molecule has 0 aromatic heterocycles. The number of esters is 1. The second-order valence-electron chi connectivity index (χ2n) is 7.09. The van der Waals surface area contributed by atoms with Crippen LogP contribution >= 0.6 is 0 Å². The molecule has 0 spiro atoms. The summed E-state index contributed by atoms with van der Waals surface area (Å²) in [6.07, 6.45) is 7.98. The average Bonchev–Trinajstić information content (AvgIpc) is 2.46. The van der Waals surface area contributed by atoms with Crippen LogP contribution in [0.1, 0.15) is 65.7 Å². The summed E-state index contributed by atoms with van der Waals surface area (Å²) in [6, 6.07) is 0. The minimum Gasteiger partial charge on any atom is -0.468 e. The van der Waals surface area contributed by atoms with E-state index in [0.29, 0.717) is 0 Å². The predicted octanol–water partition coefficient (Wildman–Crippen LogP) is 3.30. The van der Waals surface area contributed by atoms with Gasteiger partial charge in [-0.05, 0) is 37.5 Å². The molecule has 1 N–H and O–H groups in total. The van der Waals surface area contributed by atoms with Gasteiger partial charge in [-0.1, -0.05) is 40.0 Å². The van der Waals surface area contributed by atoms with Crippen molar-refractivity contribution in [3.8, 4) is 0 Å². The van der Waals surface area contributed by atoms with Crippen molar-refractivity contribution in [2.75, 3.05) is 13.7 Å². The Morgan fingerprint density at radius 1 is 1.29 bits per heavy atom. The zero-order valence-electron chi connectivity index (χ0n) is 14.0. The molecule has 4 heteroatoms. The van der Waals surface area contributed by atoms with Gasteiger partial charge >= 0.3 is 5.97 Å². The molecule has 1 saturated carbocycles. The maximum atomic E-state index is 12.2. The van der Waals surface area contributed by atoms with E-state index in [-0.39, 0.29) is 17.9 Å². The third-order valence-electron chi connectivity index (χ3n) is 4.77. The van der Waals surface area contributed by atoms with E-state index >= 15 is 0 Å². The molecule has 0 unspecified atom stereocenters. The van der Waals surface area contributed by atoms with Crippen LogP contribution in [0.15, 0.2) is 0 Å². The minimum absolute atomic E-state index is 0.00599. The third kappa shape index (κ3) is 6.06. The highest BCUT2D eigenvalue weighted by Crippen LogP contribution is 2.40. The van der Waals surface area contributed by atoms with Gasteiger partial charge < -0.3 is 10.1 Å². The molecule has 1 aliphatic rings.